The maximum absolute atomic E-state index is 14.3. The lowest BCUT2D eigenvalue weighted by Crippen LogP contribution is -2.10. The summed E-state index contributed by atoms with van der Waals surface area (Å²) in [4.78, 5) is 0. The van der Waals surface area contributed by atoms with Crippen molar-refractivity contribution < 1.29 is 13.5 Å². The molecule has 1 saturated carbocycles. The Morgan fingerprint density at radius 1 is 0.917 bits per heavy atom. The van der Waals surface area contributed by atoms with Crippen molar-refractivity contribution in [3.8, 4) is 16.9 Å². The lowest BCUT2D eigenvalue weighted by atomic mass is 9.79. The standard InChI is InChI=1S/C21H24F2O/c1-3-24-19-13-12-18(20(22)21(19)23)17-10-8-16(9-11-17)15-6-4-14(2)5-7-15/h8-15H,3-7H2,1-2H3. The van der Waals surface area contributed by atoms with Crippen LogP contribution >= 0.6 is 0 Å². The largest absolute Gasteiger partial charge is 0.491 e. The van der Waals surface area contributed by atoms with Crippen molar-refractivity contribution in [2.45, 2.75) is 45.4 Å². The van der Waals surface area contributed by atoms with Gasteiger partial charge in [-0.15, -0.1) is 0 Å². The van der Waals surface area contributed by atoms with E-state index in [9.17, 15) is 8.78 Å². The first kappa shape index (κ1) is 16.9. The predicted molar refractivity (Wildman–Crippen MR) is 93.3 cm³/mol. The van der Waals surface area contributed by atoms with Crippen LogP contribution in [0.15, 0.2) is 36.4 Å². The van der Waals surface area contributed by atoms with Crippen molar-refractivity contribution in [3.05, 3.63) is 53.6 Å². The predicted octanol–water partition coefficient (Wildman–Crippen LogP) is 6.32. The second-order valence-corrected chi connectivity index (χ2v) is 6.75. The summed E-state index contributed by atoms with van der Waals surface area (Å²) in [6.07, 6.45) is 4.97. The van der Waals surface area contributed by atoms with Crippen molar-refractivity contribution in [2.24, 2.45) is 5.92 Å². The Bertz CT molecular complexity index is 686. The minimum atomic E-state index is -0.917. The van der Waals surface area contributed by atoms with Gasteiger partial charge in [-0.2, -0.15) is 4.39 Å². The van der Waals surface area contributed by atoms with Gasteiger partial charge < -0.3 is 4.74 Å². The Kier molecular flexibility index (Phi) is 5.17. The number of benzene rings is 2. The Labute approximate surface area is 142 Å². The van der Waals surface area contributed by atoms with Crippen LogP contribution in [0.3, 0.4) is 0 Å². The van der Waals surface area contributed by atoms with Gasteiger partial charge in [-0.1, -0.05) is 44.0 Å². The molecule has 0 unspecified atom stereocenters. The summed E-state index contributed by atoms with van der Waals surface area (Å²) in [5.74, 6) is -0.384. The summed E-state index contributed by atoms with van der Waals surface area (Å²) in [5, 5.41) is 0. The van der Waals surface area contributed by atoms with Crippen LogP contribution in [-0.4, -0.2) is 6.61 Å². The third-order valence-electron chi connectivity index (χ3n) is 5.06. The minimum absolute atomic E-state index is 0.0355. The van der Waals surface area contributed by atoms with Gasteiger partial charge in [0, 0.05) is 5.56 Å². The van der Waals surface area contributed by atoms with Gasteiger partial charge in [-0.3, -0.25) is 0 Å². The highest BCUT2D eigenvalue weighted by atomic mass is 19.2. The lowest BCUT2D eigenvalue weighted by Gasteiger charge is -2.26. The molecule has 0 amide bonds. The molecule has 0 radical (unpaired) electrons. The van der Waals surface area contributed by atoms with Crippen molar-refractivity contribution >= 4 is 0 Å². The number of rotatable bonds is 4. The van der Waals surface area contributed by atoms with Crippen LogP contribution < -0.4 is 4.74 Å². The van der Waals surface area contributed by atoms with E-state index in [1.54, 1.807) is 13.0 Å². The minimum Gasteiger partial charge on any atom is -0.491 e. The molecule has 1 fully saturated rings. The van der Waals surface area contributed by atoms with Gasteiger partial charge in [-0.05, 0) is 54.9 Å². The highest BCUT2D eigenvalue weighted by Gasteiger charge is 2.20. The molecule has 0 aliphatic heterocycles. The molecule has 1 aliphatic carbocycles. The average molecular weight is 330 g/mol. The molecule has 0 N–H and O–H groups in total. The van der Waals surface area contributed by atoms with Crippen molar-refractivity contribution in [2.75, 3.05) is 6.61 Å². The molecule has 1 nitrogen and oxygen atoms in total. The number of halogens is 2. The molecule has 128 valence electrons. The zero-order chi connectivity index (χ0) is 17.1. The molecule has 3 heteroatoms. The van der Waals surface area contributed by atoms with E-state index in [1.807, 2.05) is 12.1 Å². The van der Waals surface area contributed by atoms with E-state index in [0.29, 0.717) is 18.1 Å². The smallest absolute Gasteiger partial charge is 0.201 e. The molecular formula is C21H24F2O. The summed E-state index contributed by atoms with van der Waals surface area (Å²) >= 11 is 0. The van der Waals surface area contributed by atoms with E-state index >= 15 is 0 Å². The molecule has 0 heterocycles. The molecule has 0 aromatic heterocycles. The van der Waals surface area contributed by atoms with Crippen LogP contribution in [0.25, 0.3) is 11.1 Å². The van der Waals surface area contributed by atoms with Gasteiger partial charge in [-0.25, -0.2) is 4.39 Å². The van der Waals surface area contributed by atoms with Gasteiger partial charge in [0.25, 0.3) is 0 Å². The SMILES string of the molecule is CCOc1ccc(-c2ccc(C3CCC(C)CC3)cc2)c(F)c1F. The monoisotopic (exact) mass is 330 g/mol. The summed E-state index contributed by atoms with van der Waals surface area (Å²) in [7, 11) is 0. The quantitative estimate of drug-likeness (QED) is 0.637. The fourth-order valence-electron chi connectivity index (χ4n) is 3.55. The summed E-state index contributed by atoms with van der Waals surface area (Å²) in [6, 6.07) is 11.0. The first-order valence-electron chi connectivity index (χ1n) is 8.81. The van der Waals surface area contributed by atoms with Gasteiger partial charge in [0.1, 0.15) is 0 Å². The van der Waals surface area contributed by atoms with Crippen LogP contribution in [0.2, 0.25) is 0 Å². The van der Waals surface area contributed by atoms with Gasteiger partial charge in [0.05, 0.1) is 6.61 Å². The fourth-order valence-corrected chi connectivity index (χ4v) is 3.55. The van der Waals surface area contributed by atoms with Crippen LogP contribution in [-0.2, 0) is 0 Å². The second kappa shape index (κ2) is 7.33. The molecule has 0 bridgehead atoms. The van der Waals surface area contributed by atoms with E-state index in [4.69, 9.17) is 4.74 Å². The molecule has 2 aromatic rings. The second-order valence-electron chi connectivity index (χ2n) is 6.75. The Morgan fingerprint density at radius 3 is 2.21 bits per heavy atom. The highest BCUT2D eigenvalue weighted by molar-refractivity contribution is 5.65. The summed E-state index contributed by atoms with van der Waals surface area (Å²) in [6.45, 7) is 4.36. The molecule has 0 spiro atoms. The number of hydrogen-bond acceptors (Lipinski definition) is 1. The average Bonchev–Trinajstić information content (AvgIpc) is 2.60. The maximum atomic E-state index is 14.3. The Morgan fingerprint density at radius 2 is 1.58 bits per heavy atom. The molecule has 0 saturated heterocycles. The number of hydrogen-bond donors (Lipinski definition) is 0. The van der Waals surface area contributed by atoms with E-state index in [0.717, 1.165) is 5.92 Å². The first-order valence-corrected chi connectivity index (χ1v) is 8.81. The number of ether oxygens (including phenoxy) is 1. The first-order chi connectivity index (χ1) is 11.6. The van der Waals surface area contributed by atoms with E-state index < -0.39 is 11.6 Å². The topological polar surface area (TPSA) is 9.23 Å². The Balaban J connectivity index is 1.82. The molecule has 24 heavy (non-hydrogen) atoms. The zero-order valence-corrected chi connectivity index (χ0v) is 14.3. The lowest BCUT2D eigenvalue weighted by molar-refractivity contribution is 0.314. The van der Waals surface area contributed by atoms with Gasteiger partial charge in [0.2, 0.25) is 5.82 Å². The third kappa shape index (κ3) is 3.45. The van der Waals surface area contributed by atoms with Gasteiger partial charge >= 0.3 is 0 Å². The highest BCUT2D eigenvalue weighted by Crippen LogP contribution is 2.37. The van der Waals surface area contributed by atoms with Crippen LogP contribution in [0, 0.1) is 17.6 Å². The maximum Gasteiger partial charge on any atom is 0.201 e. The van der Waals surface area contributed by atoms with E-state index in [1.165, 1.54) is 37.3 Å². The van der Waals surface area contributed by atoms with Crippen LogP contribution in [0.5, 0.6) is 5.75 Å². The van der Waals surface area contributed by atoms with Gasteiger partial charge in [0.15, 0.2) is 11.6 Å². The summed E-state index contributed by atoms with van der Waals surface area (Å²) in [5.41, 5.74) is 2.28. The molecular weight excluding hydrogens is 306 g/mol. The van der Waals surface area contributed by atoms with Crippen LogP contribution in [0.4, 0.5) is 8.78 Å². The van der Waals surface area contributed by atoms with Crippen molar-refractivity contribution in [1.29, 1.82) is 0 Å². The normalized spacial score (nSPS) is 20.8. The van der Waals surface area contributed by atoms with E-state index in [-0.39, 0.29) is 11.3 Å². The molecule has 3 rings (SSSR count). The fraction of sp³-hybridized carbons (Fsp3) is 0.429. The van der Waals surface area contributed by atoms with Crippen molar-refractivity contribution in [1.82, 2.24) is 0 Å². The Hall–Kier alpha value is -1.90. The molecule has 1 aliphatic rings. The third-order valence-corrected chi connectivity index (χ3v) is 5.06. The zero-order valence-electron chi connectivity index (χ0n) is 14.3. The molecule has 0 atom stereocenters. The van der Waals surface area contributed by atoms with Crippen LogP contribution in [0.1, 0.15) is 51.0 Å². The van der Waals surface area contributed by atoms with Crippen molar-refractivity contribution in [3.63, 3.8) is 0 Å². The molecule has 2 aromatic carbocycles. The van der Waals surface area contributed by atoms with E-state index in [2.05, 4.69) is 19.1 Å². The summed E-state index contributed by atoms with van der Waals surface area (Å²) < 4.78 is 33.5.